The first kappa shape index (κ1) is 11.4. The molecular weight excluding hydrogens is 200 g/mol. The van der Waals surface area contributed by atoms with Gasteiger partial charge in [-0.15, -0.1) is 0 Å². The lowest BCUT2D eigenvalue weighted by Crippen LogP contribution is -2.40. The topological polar surface area (TPSA) is 25.4 Å². The molecule has 1 aromatic heterocycles. The van der Waals surface area contributed by atoms with Crippen LogP contribution in [0.15, 0.2) is 24.4 Å². The molecule has 1 aliphatic rings. The average molecular weight is 220 g/mol. The summed E-state index contributed by atoms with van der Waals surface area (Å²) in [4.78, 5) is 6.65. The zero-order valence-electron chi connectivity index (χ0n) is 10.3. The largest absolute Gasteiger partial charge is 0.473 e. The molecule has 1 fully saturated rings. The van der Waals surface area contributed by atoms with Crippen LogP contribution in [-0.4, -0.2) is 34.6 Å². The Hall–Kier alpha value is -1.09. The zero-order chi connectivity index (χ0) is 11.6. The fourth-order valence-corrected chi connectivity index (χ4v) is 2.02. The van der Waals surface area contributed by atoms with E-state index in [-0.39, 0.29) is 11.6 Å². The zero-order valence-corrected chi connectivity index (χ0v) is 10.3. The molecule has 0 aromatic carbocycles. The van der Waals surface area contributed by atoms with Crippen LogP contribution in [0.3, 0.4) is 0 Å². The molecule has 0 N–H and O–H groups in total. The molecule has 3 heteroatoms. The second-order valence-corrected chi connectivity index (χ2v) is 5.31. The molecule has 1 aromatic rings. The maximum Gasteiger partial charge on any atom is 0.213 e. The van der Waals surface area contributed by atoms with E-state index < -0.39 is 0 Å². The molecule has 0 aliphatic carbocycles. The Balaban J connectivity index is 1.91. The Morgan fingerprint density at radius 3 is 2.75 bits per heavy atom. The predicted octanol–water partition coefficient (Wildman–Crippen LogP) is 2.33. The van der Waals surface area contributed by atoms with Gasteiger partial charge in [0.15, 0.2) is 0 Å². The summed E-state index contributed by atoms with van der Waals surface area (Å²) in [5.74, 6) is 0.739. The van der Waals surface area contributed by atoms with Gasteiger partial charge in [0.2, 0.25) is 5.88 Å². The van der Waals surface area contributed by atoms with E-state index >= 15 is 0 Å². The maximum absolute atomic E-state index is 5.85. The van der Waals surface area contributed by atoms with E-state index in [0.717, 1.165) is 25.4 Å². The molecule has 0 spiro atoms. The van der Waals surface area contributed by atoms with Crippen LogP contribution in [-0.2, 0) is 0 Å². The number of hydrogen-bond donors (Lipinski definition) is 0. The van der Waals surface area contributed by atoms with E-state index in [1.165, 1.54) is 0 Å². The van der Waals surface area contributed by atoms with Crippen molar-refractivity contribution in [3.05, 3.63) is 24.4 Å². The monoisotopic (exact) mass is 220 g/mol. The van der Waals surface area contributed by atoms with E-state index in [9.17, 15) is 0 Å². The number of rotatable bonds is 2. The Labute approximate surface area is 97.4 Å². The van der Waals surface area contributed by atoms with E-state index in [1.54, 1.807) is 6.20 Å². The van der Waals surface area contributed by atoms with Crippen LogP contribution in [0.25, 0.3) is 0 Å². The first-order chi connectivity index (χ1) is 7.55. The number of ether oxygens (including phenoxy) is 1. The fourth-order valence-electron chi connectivity index (χ4n) is 2.02. The third-order valence-corrected chi connectivity index (χ3v) is 3.02. The van der Waals surface area contributed by atoms with Gasteiger partial charge in [-0.2, -0.15) is 0 Å². The molecule has 0 bridgehead atoms. The van der Waals surface area contributed by atoms with Crippen LogP contribution in [0.2, 0.25) is 0 Å². The van der Waals surface area contributed by atoms with E-state index in [2.05, 4.69) is 30.7 Å². The molecule has 1 aliphatic heterocycles. The van der Waals surface area contributed by atoms with Crippen LogP contribution in [0.5, 0.6) is 5.88 Å². The van der Waals surface area contributed by atoms with Crippen LogP contribution in [0.1, 0.15) is 27.2 Å². The van der Waals surface area contributed by atoms with Crippen molar-refractivity contribution in [1.29, 1.82) is 0 Å². The van der Waals surface area contributed by atoms with Crippen molar-refractivity contribution in [2.45, 2.75) is 38.8 Å². The van der Waals surface area contributed by atoms with Crippen molar-refractivity contribution in [2.75, 3.05) is 13.1 Å². The molecule has 16 heavy (non-hydrogen) atoms. The van der Waals surface area contributed by atoms with E-state index in [1.807, 2.05) is 18.2 Å². The highest BCUT2D eigenvalue weighted by atomic mass is 16.5. The van der Waals surface area contributed by atoms with Gasteiger partial charge in [-0.25, -0.2) is 4.98 Å². The van der Waals surface area contributed by atoms with Gasteiger partial charge in [-0.1, -0.05) is 6.07 Å². The highest BCUT2D eigenvalue weighted by Crippen LogP contribution is 2.22. The lowest BCUT2D eigenvalue weighted by molar-refractivity contribution is 0.138. The fraction of sp³-hybridized carbons (Fsp3) is 0.615. The summed E-state index contributed by atoms with van der Waals surface area (Å²) < 4.78 is 5.85. The molecule has 2 rings (SSSR count). The number of hydrogen-bond acceptors (Lipinski definition) is 3. The highest BCUT2D eigenvalue weighted by Gasteiger charge is 2.31. The smallest absolute Gasteiger partial charge is 0.213 e. The van der Waals surface area contributed by atoms with Crippen LogP contribution >= 0.6 is 0 Å². The molecule has 0 unspecified atom stereocenters. The lowest BCUT2D eigenvalue weighted by Gasteiger charge is -2.31. The third-order valence-electron chi connectivity index (χ3n) is 3.02. The normalized spacial score (nSPS) is 22.3. The summed E-state index contributed by atoms with van der Waals surface area (Å²) >= 11 is 0. The number of aromatic nitrogens is 1. The highest BCUT2D eigenvalue weighted by molar-refractivity contribution is 5.10. The first-order valence-electron chi connectivity index (χ1n) is 5.88. The Kier molecular flexibility index (Phi) is 3.15. The quantitative estimate of drug-likeness (QED) is 0.765. The minimum absolute atomic E-state index is 0.238. The predicted molar refractivity (Wildman–Crippen MR) is 64.6 cm³/mol. The van der Waals surface area contributed by atoms with Crippen molar-refractivity contribution in [3.63, 3.8) is 0 Å². The molecule has 0 saturated carbocycles. The summed E-state index contributed by atoms with van der Waals surface area (Å²) in [5, 5.41) is 0. The Bertz CT molecular complexity index is 332. The molecule has 88 valence electrons. The van der Waals surface area contributed by atoms with Crippen LogP contribution in [0.4, 0.5) is 0 Å². The van der Waals surface area contributed by atoms with Gasteiger partial charge in [0, 0.05) is 30.9 Å². The summed E-state index contributed by atoms with van der Waals surface area (Å²) in [5.41, 5.74) is 0.238. The molecule has 3 nitrogen and oxygen atoms in total. The first-order valence-corrected chi connectivity index (χ1v) is 5.88. The standard InChI is InChI=1S/C13H20N2O/c1-13(2,3)15-9-7-11(10-15)16-12-6-4-5-8-14-12/h4-6,8,11H,7,9-10H2,1-3H3/t11-/m1/s1. The minimum atomic E-state index is 0.238. The molecule has 0 amide bonds. The van der Waals surface area contributed by atoms with Gasteiger partial charge in [0.1, 0.15) is 6.10 Å². The Morgan fingerprint density at radius 1 is 1.38 bits per heavy atom. The number of pyridine rings is 1. The summed E-state index contributed by atoms with van der Waals surface area (Å²) in [7, 11) is 0. The molecule has 1 saturated heterocycles. The average Bonchev–Trinajstić information content (AvgIpc) is 2.67. The van der Waals surface area contributed by atoms with E-state index in [0.29, 0.717) is 0 Å². The molecule has 1 atom stereocenters. The van der Waals surface area contributed by atoms with Crippen molar-refractivity contribution >= 4 is 0 Å². The summed E-state index contributed by atoms with van der Waals surface area (Å²) in [6, 6.07) is 5.78. The van der Waals surface area contributed by atoms with Gasteiger partial charge >= 0.3 is 0 Å². The molecular formula is C13H20N2O. The van der Waals surface area contributed by atoms with Gasteiger partial charge in [0.25, 0.3) is 0 Å². The number of nitrogens with zero attached hydrogens (tertiary/aromatic N) is 2. The maximum atomic E-state index is 5.85. The van der Waals surface area contributed by atoms with Crippen LogP contribution in [0, 0.1) is 0 Å². The summed E-state index contributed by atoms with van der Waals surface area (Å²) in [6.45, 7) is 8.85. The minimum Gasteiger partial charge on any atom is -0.473 e. The van der Waals surface area contributed by atoms with Crippen molar-refractivity contribution in [1.82, 2.24) is 9.88 Å². The van der Waals surface area contributed by atoms with Gasteiger partial charge in [0.05, 0.1) is 0 Å². The number of likely N-dealkylation sites (tertiary alicyclic amines) is 1. The van der Waals surface area contributed by atoms with Crippen molar-refractivity contribution < 1.29 is 4.74 Å². The second-order valence-electron chi connectivity index (χ2n) is 5.31. The van der Waals surface area contributed by atoms with Crippen LogP contribution < -0.4 is 4.74 Å². The van der Waals surface area contributed by atoms with E-state index in [4.69, 9.17) is 4.74 Å². The van der Waals surface area contributed by atoms with Gasteiger partial charge in [-0.3, -0.25) is 4.90 Å². The Morgan fingerprint density at radius 2 is 2.19 bits per heavy atom. The van der Waals surface area contributed by atoms with Gasteiger partial charge in [-0.05, 0) is 33.3 Å². The molecule has 2 heterocycles. The van der Waals surface area contributed by atoms with Crippen molar-refractivity contribution in [3.8, 4) is 5.88 Å². The summed E-state index contributed by atoms with van der Waals surface area (Å²) in [6.07, 6.45) is 3.15. The third kappa shape index (κ3) is 2.73. The van der Waals surface area contributed by atoms with Gasteiger partial charge < -0.3 is 4.74 Å². The van der Waals surface area contributed by atoms with Crippen molar-refractivity contribution in [2.24, 2.45) is 0 Å². The lowest BCUT2D eigenvalue weighted by atomic mass is 10.1. The second kappa shape index (κ2) is 4.42. The molecule has 0 radical (unpaired) electrons. The SMILES string of the molecule is CC(C)(C)N1CC[C@@H](Oc2ccccn2)C1.